The zero-order valence-electron chi connectivity index (χ0n) is 11.4. The first-order valence-electron chi connectivity index (χ1n) is 7.01. The highest BCUT2D eigenvalue weighted by molar-refractivity contribution is 5.98. The van der Waals surface area contributed by atoms with Crippen molar-refractivity contribution in [3.63, 3.8) is 0 Å². The van der Waals surface area contributed by atoms with Gasteiger partial charge in [0.2, 0.25) is 0 Å². The van der Waals surface area contributed by atoms with Gasteiger partial charge in [-0.2, -0.15) is 0 Å². The maximum absolute atomic E-state index is 12.1. The average molecular weight is 263 g/mol. The molecule has 1 aromatic heterocycles. The highest BCUT2D eigenvalue weighted by Crippen LogP contribution is 2.27. The summed E-state index contributed by atoms with van der Waals surface area (Å²) in [6.07, 6.45) is 9.47. The third kappa shape index (κ3) is 3.46. The van der Waals surface area contributed by atoms with Gasteiger partial charge >= 0.3 is 5.97 Å². The van der Waals surface area contributed by atoms with Crippen LogP contribution >= 0.6 is 0 Å². The molecule has 0 saturated heterocycles. The maximum Gasteiger partial charge on any atom is 0.352 e. The Bertz CT molecular complexity index is 470. The van der Waals surface area contributed by atoms with Crippen molar-refractivity contribution in [3.8, 4) is 0 Å². The van der Waals surface area contributed by atoms with E-state index in [0.717, 1.165) is 6.42 Å². The summed E-state index contributed by atoms with van der Waals surface area (Å²) in [7, 11) is 1.65. The number of nitrogens with zero attached hydrogens (tertiary/aromatic N) is 1. The highest BCUT2D eigenvalue weighted by atomic mass is 16.4. The van der Waals surface area contributed by atoms with Gasteiger partial charge in [0.1, 0.15) is 5.69 Å². The quantitative estimate of drug-likeness (QED) is 0.829. The molecule has 0 amide bonds. The molecule has 1 aromatic rings. The summed E-state index contributed by atoms with van der Waals surface area (Å²) in [5.41, 5.74) is 0.691. The Morgan fingerprint density at radius 3 is 2.58 bits per heavy atom. The van der Waals surface area contributed by atoms with Gasteiger partial charge in [-0.25, -0.2) is 4.79 Å². The molecule has 0 atom stereocenters. The number of aromatic carboxylic acids is 1. The van der Waals surface area contributed by atoms with Gasteiger partial charge in [0.15, 0.2) is 5.78 Å². The third-order valence-corrected chi connectivity index (χ3v) is 4.05. The molecule has 0 bridgehead atoms. The summed E-state index contributed by atoms with van der Waals surface area (Å²) in [5, 5.41) is 8.96. The molecule has 0 unspecified atom stereocenters. The number of ketones is 1. The van der Waals surface area contributed by atoms with Crippen LogP contribution in [0.15, 0.2) is 12.3 Å². The Morgan fingerprint density at radius 2 is 2.00 bits per heavy atom. The van der Waals surface area contributed by atoms with E-state index in [4.69, 9.17) is 5.11 Å². The molecule has 4 nitrogen and oxygen atoms in total. The highest BCUT2D eigenvalue weighted by Gasteiger charge is 2.18. The lowest BCUT2D eigenvalue weighted by atomic mass is 9.85. The minimum atomic E-state index is -0.992. The lowest BCUT2D eigenvalue weighted by Crippen LogP contribution is -2.08. The van der Waals surface area contributed by atoms with E-state index in [1.54, 1.807) is 13.2 Å². The van der Waals surface area contributed by atoms with Gasteiger partial charge in [-0.3, -0.25) is 4.79 Å². The van der Waals surface area contributed by atoms with Crippen LogP contribution in [0.25, 0.3) is 0 Å². The van der Waals surface area contributed by atoms with Gasteiger partial charge in [0.05, 0.1) is 0 Å². The molecule has 0 spiro atoms. The van der Waals surface area contributed by atoms with E-state index in [-0.39, 0.29) is 11.5 Å². The fourth-order valence-electron chi connectivity index (χ4n) is 2.89. The van der Waals surface area contributed by atoms with Gasteiger partial charge in [-0.1, -0.05) is 32.1 Å². The normalized spacial score (nSPS) is 16.5. The van der Waals surface area contributed by atoms with Crippen molar-refractivity contribution < 1.29 is 14.7 Å². The number of carbonyl (C=O) groups excluding carboxylic acids is 1. The molecule has 0 aromatic carbocycles. The predicted octanol–water partition coefficient (Wildman–Crippen LogP) is 3.27. The summed E-state index contributed by atoms with van der Waals surface area (Å²) < 4.78 is 1.50. The Hall–Kier alpha value is -1.58. The molecule has 1 aliphatic rings. The van der Waals surface area contributed by atoms with Crippen LogP contribution in [0.2, 0.25) is 0 Å². The van der Waals surface area contributed by atoms with Crippen molar-refractivity contribution in [3.05, 3.63) is 23.5 Å². The van der Waals surface area contributed by atoms with Crippen LogP contribution < -0.4 is 0 Å². The van der Waals surface area contributed by atoms with Crippen LogP contribution in [0, 0.1) is 5.92 Å². The number of rotatable bonds is 5. The van der Waals surface area contributed by atoms with E-state index in [9.17, 15) is 9.59 Å². The monoisotopic (exact) mass is 263 g/mol. The second-order valence-corrected chi connectivity index (χ2v) is 5.50. The fourth-order valence-corrected chi connectivity index (χ4v) is 2.89. The summed E-state index contributed by atoms with van der Waals surface area (Å²) in [6.45, 7) is 0. The molecule has 1 fully saturated rings. The maximum atomic E-state index is 12.1. The van der Waals surface area contributed by atoms with Gasteiger partial charge in [-0.05, 0) is 18.4 Å². The van der Waals surface area contributed by atoms with Gasteiger partial charge in [0, 0.05) is 25.2 Å². The molecule has 2 rings (SSSR count). The lowest BCUT2D eigenvalue weighted by Gasteiger charge is -2.20. The van der Waals surface area contributed by atoms with Crippen molar-refractivity contribution >= 4 is 11.8 Å². The SMILES string of the molecule is Cn1cc(C(=O)CCC2CCCCC2)cc1C(=O)O. The molecule has 1 N–H and O–H groups in total. The van der Waals surface area contributed by atoms with Gasteiger partial charge < -0.3 is 9.67 Å². The van der Waals surface area contributed by atoms with E-state index in [2.05, 4.69) is 0 Å². The Labute approximate surface area is 113 Å². The standard InChI is InChI=1S/C15H21NO3/c1-16-10-12(9-13(16)15(18)19)14(17)8-7-11-5-3-2-4-6-11/h9-11H,2-8H2,1H3,(H,18,19). The Balaban J connectivity index is 1.92. The van der Waals surface area contributed by atoms with Crippen molar-refractivity contribution in [2.24, 2.45) is 13.0 Å². The van der Waals surface area contributed by atoms with Crippen molar-refractivity contribution in [2.45, 2.75) is 44.9 Å². The largest absolute Gasteiger partial charge is 0.477 e. The van der Waals surface area contributed by atoms with Crippen molar-refractivity contribution in [1.29, 1.82) is 0 Å². The number of carboxylic acids is 1. The van der Waals surface area contributed by atoms with Crippen molar-refractivity contribution in [1.82, 2.24) is 4.57 Å². The smallest absolute Gasteiger partial charge is 0.352 e. The van der Waals surface area contributed by atoms with E-state index in [0.29, 0.717) is 17.9 Å². The molecule has 4 heteroatoms. The number of carbonyl (C=O) groups is 2. The zero-order chi connectivity index (χ0) is 13.8. The van der Waals surface area contributed by atoms with E-state index in [1.165, 1.54) is 42.7 Å². The molecular formula is C15H21NO3. The van der Waals surface area contributed by atoms with Gasteiger partial charge in [0.25, 0.3) is 0 Å². The third-order valence-electron chi connectivity index (χ3n) is 4.05. The van der Waals surface area contributed by atoms with Crippen LogP contribution in [0.4, 0.5) is 0 Å². The molecule has 1 heterocycles. The number of carboxylic acid groups (broad SMARTS) is 1. The van der Waals surface area contributed by atoms with E-state index in [1.807, 2.05) is 0 Å². The first-order chi connectivity index (χ1) is 9.08. The topological polar surface area (TPSA) is 59.3 Å². The molecule has 0 radical (unpaired) electrons. The Morgan fingerprint density at radius 1 is 1.32 bits per heavy atom. The molecule has 19 heavy (non-hydrogen) atoms. The molecule has 104 valence electrons. The first kappa shape index (κ1) is 13.8. The average Bonchev–Trinajstić information content (AvgIpc) is 2.79. The zero-order valence-corrected chi connectivity index (χ0v) is 11.4. The predicted molar refractivity (Wildman–Crippen MR) is 72.5 cm³/mol. The molecule has 1 aliphatic carbocycles. The number of hydrogen-bond acceptors (Lipinski definition) is 2. The summed E-state index contributed by atoms with van der Waals surface area (Å²) >= 11 is 0. The molecule has 1 saturated carbocycles. The second-order valence-electron chi connectivity index (χ2n) is 5.50. The van der Waals surface area contributed by atoms with Gasteiger partial charge in [-0.15, -0.1) is 0 Å². The molecule has 0 aliphatic heterocycles. The fraction of sp³-hybridized carbons (Fsp3) is 0.600. The number of Topliss-reactive ketones (excluding diaryl/α,β-unsaturated/α-hetero) is 1. The van der Waals surface area contributed by atoms with E-state index >= 15 is 0 Å². The Kier molecular flexibility index (Phi) is 4.40. The minimum absolute atomic E-state index is 0.0636. The van der Waals surface area contributed by atoms with E-state index < -0.39 is 5.97 Å². The van der Waals surface area contributed by atoms with Crippen LogP contribution in [-0.4, -0.2) is 21.4 Å². The van der Waals surface area contributed by atoms with Crippen LogP contribution in [0.3, 0.4) is 0 Å². The number of aryl methyl sites for hydroxylation is 1. The lowest BCUT2D eigenvalue weighted by molar-refractivity contribution is 0.0686. The summed E-state index contributed by atoms with van der Waals surface area (Å²) in [6, 6.07) is 1.48. The minimum Gasteiger partial charge on any atom is -0.477 e. The first-order valence-corrected chi connectivity index (χ1v) is 7.01. The number of aromatic nitrogens is 1. The number of hydrogen-bond donors (Lipinski definition) is 1. The summed E-state index contributed by atoms with van der Waals surface area (Å²) in [5.74, 6) is -0.247. The summed E-state index contributed by atoms with van der Waals surface area (Å²) in [4.78, 5) is 23.0. The van der Waals surface area contributed by atoms with Crippen LogP contribution in [0.1, 0.15) is 65.8 Å². The van der Waals surface area contributed by atoms with Crippen molar-refractivity contribution in [2.75, 3.05) is 0 Å². The van der Waals surface area contributed by atoms with Crippen LogP contribution in [-0.2, 0) is 7.05 Å². The second kappa shape index (κ2) is 6.04. The van der Waals surface area contributed by atoms with Crippen LogP contribution in [0.5, 0.6) is 0 Å². The molecular weight excluding hydrogens is 242 g/mol.